The number of fused-ring (bicyclic) bond motifs is 1. The minimum atomic E-state index is 0.653. The first-order chi connectivity index (χ1) is 12.6. The second-order valence-electron chi connectivity index (χ2n) is 6.90. The average molecular weight is 357 g/mol. The first-order valence-electron chi connectivity index (χ1n) is 9.03. The van der Waals surface area contributed by atoms with Gasteiger partial charge in [0.2, 0.25) is 5.95 Å². The number of ether oxygens (including phenoxy) is 2. The normalized spacial score (nSPS) is 13.5. The van der Waals surface area contributed by atoms with Crippen LogP contribution in [0, 0.1) is 5.92 Å². The van der Waals surface area contributed by atoms with E-state index in [1.165, 1.54) is 11.1 Å². The van der Waals surface area contributed by atoms with Crippen molar-refractivity contribution < 1.29 is 9.47 Å². The molecule has 0 saturated carbocycles. The minimum absolute atomic E-state index is 0.653. The van der Waals surface area contributed by atoms with Crippen LogP contribution in [0.3, 0.4) is 0 Å². The Balaban J connectivity index is 1.74. The molecule has 2 aromatic rings. The van der Waals surface area contributed by atoms with Gasteiger partial charge in [0.15, 0.2) is 17.3 Å². The monoisotopic (exact) mass is 357 g/mol. The molecule has 0 amide bonds. The molecule has 1 aromatic heterocycles. The van der Waals surface area contributed by atoms with Gasteiger partial charge in [0, 0.05) is 19.6 Å². The van der Waals surface area contributed by atoms with E-state index in [0.29, 0.717) is 11.9 Å². The number of anilines is 2. The summed E-state index contributed by atoms with van der Waals surface area (Å²) in [5.41, 5.74) is 2.48. The zero-order valence-corrected chi connectivity index (χ0v) is 16.0. The predicted molar refractivity (Wildman–Crippen MR) is 102 cm³/mol. The maximum Gasteiger partial charge on any atom is 0.247 e. The molecule has 26 heavy (non-hydrogen) atoms. The van der Waals surface area contributed by atoms with Crippen molar-refractivity contribution in [3.05, 3.63) is 29.5 Å². The molecule has 0 saturated heterocycles. The minimum Gasteiger partial charge on any atom is -0.493 e. The number of nitrogens with one attached hydrogen (secondary N) is 1. The van der Waals surface area contributed by atoms with Crippen LogP contribution < -0.4 is 19.7 Å². The van der Waals surface area contributed by atoms with Gasteiger partial charge in [-0.05, 0) is 42.0 Å². The third-order valence-corrected chi connectivity index (χ3v) is 4.58. The predicted octanol–water partition coefficient (Wildman–Crippen LogP) is 2.91. The molecule has 1 aromatic carbocycles. The van der Waals surface area contributed by atoms with Gasteiger partial charge in [-0.1, -0.05) is 13.8 Å². The van der Waals surface area contributed by atoms with Crippen molar-refractivity contribution >= 4 is 11.8 Å². The van der Waals surface area contributed by atoms with Gasteiger partial charge in [0.25, 0.3) is 0 Å². The molecular formula is C19H27N5O2. The van der Waals surface area contributed by atoms with E-state index in [0.717, 1.165) is 49.8 Å². The molecule has 3 rings (SSSR count). The Morgan fingerprint density at radius 2 is 1.88 bits per heavy atom. The second kappa shape index (κ2) is 8.21. The van der Waals surface area contributed by atoms with Crippen LogP contribution in [0.25, 0.3) is 0 Å². The van der Waals surface area contributed by atoms with E-state index in [2.05, 4.69) is 45.3 Å². The quantitative estimate of drug-likeness (QED) is 0.817. The lowest BCUT2D eigenvalue weighted by Crippen LogP contribution is -2.32. The standard InChI is InChI=1S/C19H27N5O2/c1-13(2)5-7-20-18-11-21-23-19(22-18)24-8-6-14-9-16(25-3)17(26-4)10-15(14)12-24/h9-11,13H,5-8,12H2,1-4H3,(H,20,22,23). The molecule has 0 fully saturated rings. The van der Waals surface area contributed by atoms with Crippen LogP contribution in [-0.4, -0.2) is 42.5 Å². The molecule has 1 aliphatic rings. The van der Waals surface area contributed by atoms with Crippen LogP contribution in [0.5, 0.6) is 11.5 Å². The van der Waals surface area contributed by atoms with Gasteiger partial charge in [-0.2, -0.15) is 10.1 Å². The third kappa shape index (κ3) is 4.15. The fourth-order valence-corrected chi connectivity index (χ4v) is 3.06. The molecular weight excluding hydrogens is 330 g/mol. The summed E-state index contributed by atoms with van der Waals surface area (Å²) in [6.07, 6.45) is 3.68. The highest BCUT2D eigenvalue weighted by molar-refractivity contribution is 5.51. The fourth-order valence-electron chi connectivity index (χ4n) is 3.06. The van der Waals surface area contributed by atoms with Crippen LogP contribution in [0.2, 0.25) is 0 Å². The molecule has 7 heteroatoms. The Kier molecular flexibility index (Phi) is 5.75. The molecule has 0 radical (unpaired) electrons. The Morgan fingerprint density at radius 3 is 2.58 bits per heavy atom. The highest BCUT2D eigenvalue weighted by Crippen LogP contribution is 2.33. The Hall–Kier alpha value is -2.57. The number of methoxy groups -OCH3 is 2. The van der Waals surface area contributed by atoms with E-state index in [9.17, 15) is 0 Å². The van der Waals surface area contributed by atoms with E-state index in [-0.39, 0.29) is 0 Å². The van der Waals surface area contributed by atoms with E-state index in [1.807, 2.05) is 6.07 Å². The highest BCUT2D eigenvalue weighted by Gasteiger charge is 2.21. The molecule has 2 heterocycles. The van der Waals surface area contributed by atoms with Gasteiger partial charge in [-0.15, -0.1) is 5.10 Å². The van der Waals surface area contributed by atoms with Gasteiger partial charge in [-0.3, -0.25) is 0 Å². The molecule has 0 atom stereocenters. The number of nitrogens with zero attached hydrogens (tertiary/aromatic N) is 4. The van der Waals surface area contributed by atoms with Gasteiger partial charge in [-0.25, -0.2) is 0 Å². The molecule has 0 unspecified atom stereocenters. The van der Waals surface area contributed by atoms with Crippen molar-refractivity contribution in [3.8, 4) is 11.5 Å². The topological polar surface area (TPSA) is 72.4 Å². The Labute approximate surface area is 154 Å². The van der Waals surface area contributed by atoms with Gasteiger partial charge >= 0.3 is 0 Å². The fraction of sp³-hybridized carbons (Fsp3) is 0.526. The number of hydrogen-bond donors (Lipinski definition) is 1. The molecule has 0 bridgehead atoms. The summed E-state index contributed by atoms with van der Waals surface area (Å²) in [6.45, 7) is 6.88. The first kappa shape index (κ1) is 18.2. The summed E-state index contributed by atoms with van der Waals surface area (Å²) >= 11 is 0. The third-order valence-electron chi connectivity index (χ3n) is 4.58. The average Bonchev–Trinajstić information content (AvgIpc) is 2.66. The van der Waals surface area contributed by atoms with Crippen LogP contribution in [-0.2, 0) is 13.0 Å². The van der Waals surface area contributed by atoms with E-state index in [4.69, 9.17) is 9.47 Å². The smallest absolute Gasteiger partial charge is 0.247 e. The van der Waals surface area contributed by atoms with Crippen molar-refractivity contribution in [3.63, 3.8) is 0 Å². The van der Waals surface area contributed by atoms with Crippen molar-refractivity contribution in [2.45, 2.75) is 33.2 Å². The van der Waals surface area contributed by atoms with Gasteiger partial charge in [0.1, 0.15) is 0 Å². The summed E-state index contributed by atoms with van der Waals surface area (Å²) in [7, 11) is 3.32. The SMILES string of the molecule is COc1cc2c(cc1OC)CN(c1nncc(NCCC(C)C)n1)CC2. The zero-order chi connectivity index (χ0) is 18.5. The summed E-state index contributed by atoms with van der Waals surface area (Å²) < 4.78 is 10.8. The van der Waals surface area contributed by atoms with Gasteiger partial charge in [0.05, 0.1) is 20.4 Å². The van der Waals surface area contributed by atoms with Gasteiger partial charge < -0.3 is 19.7 Å². The van der Waals surface area contributed by atoms with Crippen LogP contribution in [0.1, 0.15) is 31.4 Å². The van der Waals surface area contributed by atoms with Crippen LogP contribution in [0.4, 0.5) is 11.8 Å². The lowest BCUT2D eigenvalue weighted by atomic mass is 9.99. The zero-order valence-electron chi connectivity index (χ0n) is 16.0. The van der Waals surface area contributed by atoms with E-state index in [1.54, 1.807) is 20.4 Å². The van der Waals surface area contributed by atoms with Crippen molar-refractivity contribution in [2.75, 3.05) is 37.5 Å². The largest absolute Gasteiger partial charge is 0.493 e. The molecule has 0 spiro atoms. The van der Waals surface area contributed by atoms with E-state index >= 15 is 0 Å². The number of rotatable bonds is 7. The molecule has 140 valence electrons. The number of hydrogen-bond acceptors (Lipinski definition) is 7. The van der Waals surface area contributed by atoms with Crippen LogP contribution >= 0.6 is 0 Å². The Bertz CT molecular complexity index is 751. The van der Waals surface area contributed by atoms with Crippen molar-refractivity contribution in [1.29, 1.82) is 0 Å². The summed E-state index contributed by atoms with van der Waals surface area (Å²) in [5, 5.41) is 11.7. The van der Waals surface area contributed by atoms with Crippen molar-refractivity contribution in [2.24, 2.45) is 5.92 Å². The number of benzene rings is 1. The molecule has 7 nitrogen and oxygen atoms in total. The van der Waals surface area contributed by atoms with Crippen LogP contribution in [0.15, 0.2) is 18.3 Å². The van der Waals surface area contributed by atoms with Crippen molar-refractivity contribution in [1.82, 2.24) is 15.2 Å². The van der Waals surface area contributed by atoms with E-state index < -0.39 is 0 Å². The molecule has 1 aliphatic heterocycles. The number of aromatic nitrogens is 3. The molecule has 0 aliphatic carbocycles. The molecule has 1 N–H and O–H groups in total. The highest BCUT2D eigenvalue weighted by atomic mass is 16.5. The Morgan fingerprint density at radius 1 is 1.15 bits per heavy atom. The second-order valence-corrected chi connectivity index (χ2v) is 6.90. The summed E-state index contributed by atoms with van der Waals surface area (Å²) in [6, 6.07) is 4.10. The summed E-state index contributed by atoms with van der Waals surface area (Å²) in [5.74, 6) is 3.60. The first-order valence-corrected chi connectivity index (χ1v) is 9.03. The summed E-state index contributed by atoms with van der Waals surface area (Å²) in [4.78, 5) is 6.78. The lowest BCUT2D eigenvalue weighted by Gasteiger charge is -2.29. The maximum absolute atomic E-state index is 5.43. The maximum atomic E-state index is 5.43. The lowest BCUT2D eigenvalue weighted by molar-refractivity contribution is 0.353.